The summed E-state index contributed by atoms with van der Waals surface area (Å²) in [6, 6.07) is 0. The second-order valence-corrected chi connectivity index (χ2v) is 6.55. The van der Waals surface area contributed by atoms with Crippen molar-refractivity contribution in [2.45, 2.75) is 44.9 Å². The molecule has 2 aliphatic rings. The van der Waals surface area contributed by atoms with Crippen molar-refractivity contribution in [1.82, 2.24) is 10.2 Å². The van der Waals surface area contributed by atoms with Crippen LogP contribution in [0.25, 0.3) is 0 Å². The van der Waals surface area contributed by atoms with Crippen LogP contribution >= 0.6 is 0 Å². The van der Waals surface area contributed by atoms with Crippen molar-refractivity contribution < 1.29 is 4.74 Å². The zero-order valence-corrected chi connectivity index (χ0v) is 12.7. The molecule has 2 rings (SSSR count). The van der Waals surface area contributed by atoms with Crippen LogP contribution in [-0.4, -0.2) is 51.3 Å². The highest BCUT2D eigenvalue weighted by Gasteiger charge is 2.16. The Morgan fingerprint density at radius 3 is 2.58 bits per heavy atom. The second-order valence-electron chi connectivity index (χ2n) is 6.55. The van der Waals surface area contributed by atoms with Crippen LogP contribution in [0.2, 0.25) is 0 Å². The average Bonchev–Trinajstić information content (AvgIpc) is 2.46. The molecule has 0 amide bonds. The SMILES string of the molecule is CN(CCNCC1CCCCC1)CC1CCCOC1. The van der Waals surface area contributed by atoms with E-state index in [4.69, 9.17) is 4.74 Å². The third-order valence-electron chi connectivity index (χ3n) is 4.65. The van der Waals surface area contributed by atoms with E-state index in [9.17, 15) is 0 Å². The molecule has 0 aromatic rings. The molecule has 0 aromatic heterocycles. The van der Waals surface area contributed by atoms with Gasteiger partial charge in [0.25, 0.3) is 0 Å². The predicted octanol–water partition coefficient (Wildman–Crippen LogP) is 2.51. The zero-order chi connectivity index (χ0) is 13.3. The largest absolute Gasteiger partial charge is 0.381 e. The Balaban J connectivity index is 1.47. The second kappa shape index (κ2) is 8.93. The quantitative estimate of drug-likeness (QED) is 0.718. The van der Waals surface area contributed by atoms with Gasteiger partial charge in [-0.1, -0.05) is 19.3 Å². The van der Waals surface area contributed by atoms with E-state index >= 15 is 0 Å². The molecule has 112 valence electrons. The fraction of sp³-hybridized carbons (Fsp3) is 1.00. The van der Waals surface area contributed by atoms with Crippen molar-refractivity contribution in [3.8, 4) is 0 Å². The fourth-order valence-electron chi connectivity index (χ4n) is 3.45. The minimum absolute atomic E-state index is 0.761. The Hall–Kier alpha value is -0.120. The lowest BCUT2D eigenvalue weighted by atomic mass is 9.89. The summed E-state index contributed by atoms with van der Waals surface area (Å²) < 4.78 is 5.55. The van der Waals surface area contributed by atoms with Gasteiger partial charge in [-0.25, -0.2) is 0 Å². The average molecular weight is 268 g/mol. The van der Waals surface area contributed by atoms with Crippen LogP contribution in [0.1, 0.15) is 44.9 Å². The zero-order valence-electron chi connectivity index (χ0n) is 12.7. The lowest BCUT2D eigenvalue weighted by Crippen LogP contribution is -2.36. The van der Waals surface area contributed by atoms with Crippen LogP contribution in [0, 0.1) is 11.8 Å². The van der Waals surface area contributed by atoms with Gasteiger partial charge in [0.05, 0.1) is 6.61 Å². The van der Waals surface area contributed by atoms with Crippen LogP contribution in [0.3, 0.4) is 0 Å². The van der Waals surface area contributed by atoms with E-state index in [1.807, 2.05) is 0 Å². The molecular weight excluding hydrogens is 236 g/mol. The Bertz CT molecular complexity index is 223. The van der Waals surface area contributed by atoms with E-state index in [2.05, 4.69) is 17.3 Å². The molecule has 1 aliphatic heterocycles. The lowest BCUT2D eigenvalue weighted by Gasteiger charge is -2.27. The predicted molar refractivity (Wildman–Crippen MR) is 80.5 cm³/mol. The summed E-state index contributed by atoms with van der Waals surface area (Å²) in [7, 11) is 2.25. The normalized spacial score (nSPS) is 25.9. The molecule has 1 heterocycles. The summed E-state index contributed by atoms with van der Waals surface area (Å²) in [6.07, 6.45) is 9.85. The Morgan fingerprint density at radius 2 is 1.84 bits per heavy atom. The number of ether oxygens (including phenoxy) is 1. The van der Waals surface area contributed by atoms with E-state index in [0.29, 0.717) is 0 Å². The van der Waals surface area contributed by atoms with Crippen molar-refractivity contribution >= 4 is 0 Å². The first-order valence-electron chi connectivity index (χ1n) is 8.31. The van der Waals surface area contributed by atoms with E-state index < -0.39 is 0 Å². The van der Waals surface area contributed by atoms with Gasteiger partial charge in [-0.15, -0.1) is 0 Å². The third-order valence-corrected chi connectivity index (χ3v) is 4.65. The highest BCUT2D eigenvalue weighted by Crippen LogP contribution is 2.22. The smallest absolute Gasteiger partial charge is 0.0506 e. The minimum Gasteiger partial charge on any atom is -0.381 e. The van der Waals surface area contributed by atoms with Gasteiger partial charge in [-0.2, -0.15) is 0 Å². The molecule has 1 saturated carbocycles. The molecule has 1 saturated heterocycles. The number of nitrogens with zero attached hydrogens (tertiary/aromatic N) is 1. The summed E-state index contributed by atoms with van der Waals surface area (Å²) in [5.74, 6) is 1.71. The van der Waals surface area contributed by atoms with Crippen LogP contribution < -0.4 is 5.32 Å². The first-order valence-corrected chi connectivity index (χ1v) is 8.31. The summed E-state index contributed by atoms with van der Waals surface area (Å²) in [4.78, 5) is 2.47. The molecule has 3 nitrogen and oxygen atoms in total. The third kappa shape index (κ3) is 6.24. The van der Waals surface area contributed by atoms with Gasteiger partial charge >= 0.3 is 0 Å². The molecule has 3 heteroatoms. The van der Waals surface area contributed by atoms with Crippen molar-refractivity contribution in [1.29, 1.82) is 0 Å². The monoisotopic (exact) mass is 268 g/mol. The van der Waals surface area contributed by atoms with Gasteiger partial charge in [-0.05, 0) is 51.1 Å². The minimum atomic E-state index is 0.761. The molecule has 1 N–H and O–H groups in total. The molecule has 0 radical (unpaired) electrons. The maximum absolute atomic E-state index is 5.55. The first kappa shape index (κ1) is 15.3. The number of rotatable bonds is 7. The number of hydrogen-bond donors (Lipinski definition) is 1. The topological polar surface area (TPSA) is 24.5 Å². The van der Waals surface area contributed by atoms with Gasteiger partial charge in [0, 0.05) is 26.2 Å². The van der Waals surface area contributed by atoms with E-state index in [-0.39, 0.29) is 0 Å². The summed E-state index contributed by atoms with van der Waals surface area (Å²) >= 11 is 0. The van der Waals surface area contributed by atoms with Gasteiger partial charge < -0.3 is 15.0 Å². The standard InChI is InChI=1S/C16H32N2O/c1-18(13-16-8-5-11-19-14-16)10-9-17-12-15-6-3-2-4-7-15/h15-17H,2-14H2,1H3. The highest BCUT2D eigenvalue weighted by atomic mass is 16.5. The Morgan fingerprint density at radius 1 is 1.05 bits per heavy atom. The van der Waals surface area contributed by atoms with Crippen molar-refractivity contribution in [3.63, 3.8) is 0 Å². The van der Waals surface area contributed by atoms with E-state index in [1.165, 1.54) is 64.6 Å². The van der Waals surface area contributed by atoms with Crippen molar-refractivity contribution in [2.24, 2.45) is 11.8 Å². The summed E-state index contributed by atoms with van der Waals surface area (Å²) in [6.45, 7) is 6.69. The summed E-state index contributed by atoms with van der Waals surface area (Å²) in [5.41, 5.74) is 0. The Labute approximate surface area is 119 Å². The molecule has 1 atom stereocenters. The summed E-state index contributed by atoms with van der Waals surface area (Å²) in [5, 5.41) is 3.65. The van der Waals surface area contributed by atoms with E-state index in [0.717, 1.165) is 31.6 Å². The van der Waals surface area contributed by atoms with Gasteiger partial charge in [-0.3, -0.25) is 0 Å². The molecular formula is C16H32N2O. The number of hydrogen-bond acceptors (Lipinski definition) is 3. The molecule has 0 spiro atoms. The van der Waals surface area contributed by atoms with Crippen molar-refractivity contribution in [2.75, 3.05) is 46.4 Å². The molecule has 2 fully saturated rings. The molecule has 0 aromatic carbocycles. The van der Waals surface area contributed by atoms with Gasteiger partial charge in [0.15, 0.2) is 0 Å². The molecule has 19 heavy (non-hydrogen) atoms. The van der Waals surface area contributed by atoms with Gasteiger partial charge in [0.2, 0.25) is 0 Å². The van der Waals surface area contributed by atoms with Crippen LogP contribution in [-0.2, 0) is 4.74 Å². The lowest BCUT2D eigenvalue weighted by molar-refractivity contribution is 0.0422. The van der Waals surface area contributed by atoms with Crippen LogP contribution in [0.4, 0.5) is 0 Å². The highest BCUT2D eigenvalue weighted by molar-refractivity contribution is 4.70. The molecule has 1 aliphatic carbocycles. The number of likely N-dealkylation sites (N-methyl/N-ethyl adjacent to an activating group) is 1. The Kier molecular flexibility index (Phi) is 7.18. The maximum atomic E-state index is 5.55. The van der Waals surface area contributed by atoms with Crippen LogP contribution in [0.5, 0.6) is 0 Å². The maximum Gasteiger partial charge on any atom is 0.0506 e. The van der Waals surface area contributed by atoms with Gasteiger partial charge in [0.1, 0.15) is 0 Å². The number of nitrogens with one attached hydrogen (secondary N) is 1. The van der Waals surface area contributed by atoms with Crippen molar-refractivity contribution in [3.05, 3.63) is 0 Å². The first-order chi connectivity index (χ1) is 9.34. The fourth-order valence-corrected chi connectivity index (χ4v) is 3.45. The molecule has 1 unspecified atom stereocenters. The van der Waals surface area contributed by atoms with E-state index in [1.54, 1.807) is 0 Å². The molecule has 0 bridgehead atoms. The van der Waals surface area contributed by atoms with Crippen LogP contribution in [0.15, 0.2) is 0 Å².